The summed E-state index contributed by atoms with van der Waals surface area (Å²) in [5.41, 5.74) is -0.222. The minimum Gasteiger partial charge on any atom is 0 e. The summed E-state index contributed by atoms with van der Waals surface area (Å²) in [6.07, 6.45) is 0. The third-order valence-corrected chi connectivity index (χ3v) is 1.31. The molecule has 0 rings (SSSR count). The molecule has 0 atom stereocenters. The van der Waals surface area contributed by atoms with E-state index in [0.717, 1.165) is 19.4 Å². The van der Waals surface area contributed by atoms with E-state index in [4.69, 9.17) is 6.58 Å². The van der Waals surface area contributed by atoms with Gasteiger partial charge in [0.1, 0.15) is 0 Å². The van der Waals surface area contributed by atoms with Crippen molar-refractivity contribution in [2.45, 2.75) is 13.8 Å². The SMILES string of the molecule is C[C-]=[W].[CH-]=C([C](C)=[W])[N+](=O)[O-].[W]. The van der Waals surface area contributed by atoms with Crippen LogP contribution in [-0.4, -0.2) is 13.2 Å². The van der Waals surface area contributed by atoms with Gasteiger partial charge in [-0.15, -0.1) is 0 Å². The molecule has 0 fully saturated rings. The van der Waals surface area contributed by atoms with Gasteiger partial charge in [0.15, 0.2) is 0 Å². The van der Waals surface area contributed by atoms with E-state index >= 15 is 0 Å². The summed E-state index contributed by atoms with van der Waals surface area (Å²) >= 11 is 2.46. The van der Waals surface area contributed by atoms with Crippen LogP contribution in [0.2, 0.25) is 0 Å². The van der Waals surface area contributed by atoms with Crippen molar-refractivity contribution in [3.8, 4) is 0 Å². The smallest absolute Gasteiger partial charge is 0 e. The largest absolute Gasteiger partial charge is 0 e. The first kappa shape index (κ1) is 18.7. The van der Waals surface area contributed by atoms with E-state index < -0.39 is 4.92 Å². The average Bonchev–Trinajstić information content (AvgIpc) is 1.87. The standard InChI is InChI=1S/C4H4NO2.C2H3.3W/c1-3-4(2)5(6)7;1-2;;;/h2H,1H3;1H3;;;/q2*-1;;;. The van der Waals surface area contributed by atoms with Crippen LogP contribution in [0, 0.1) is 16.7 Å². The van der Waals surface area contributed by atoms with Crippen LogP contribution in [0.4, 0.5) is 0 Å². The Morgan fingerprint density at radius 1 is 1.67 bits per heavy atom. The topological polar surface area (TPSA) is 43.1 Å². The molecule has 0 N–H and O–H groups in total. The van der Waals surface area contributed by atoms with Crippen molar-refractivity contribution in [1.29, 1.82) is 0 Å². The maximum Gasteiger partial charge on any atom is 0 e. The summed E-state index contributed by atoms with van der Waals surface area (Å²) in [5, 5.41) is 9.78. The number of nitro groups is 1. The summed E-state index contributed by atoms with van der Waals surface area (Å²) in [6.45, 7) is 8.51. The van der Waals surface area contributed by atoms with Crippen LogP contribution in [0.3, 0.4) is 0 Å². The zero-order valence-electron chi connectivity index (χ0n) is 6.57. The molecule has 0 aliphatic heterocycles. The van der Waals surface area contributed by atoms with Crippen molar-refractivity contribution >= 4 is 8.30 Å². The molecule has 12 heavy (non-hydrogen) atoms. The fourth-order valence-corrected chi connectivity index (χ4v) is 0.396. The molecule has 6 heteroatoms. The number of allylic oxidation sites excluding steroid dienone is 1. The van der Waals surface area contributed by atoms with Crippen molar-refractivity contribution in [2.24, 2.45) is 0 Å². The summed E-state index contributed by atoms with van der Waals surface area (Å²) < 4.78 is 3.45. The van der Waals surface area contributed by atoms with Gasteiger partial charge in [-0.1, -0.05) is 0 Å². The van der Waals surface area contributed by atoms with Gasteiger partial charge in [0.05, 0.1) is 0 Å². The molecule has 3 nitrogen and oxygen atoms in total. The van der Waals surface area contributed by atoms with Gasteiger partial charge in [0.2, 0.25) is 0 Å². The second kappa shape index (κ2) is 11.9. The van der Waals surface area contributed by atoms with E-state index in [1.807, 2.05) is 6.92 Å². The molecule has 0 aromatic heterocycles. The molecule has 0 bridgehead atoms. The number of rotatable bonds is 2. The Labute approximate surface area is 108 Å². The first-order valence-electron chi connectivity index (χ1n) is 2.54. The second-order valence-corrected chi connectivity index (χ2v) is 5.07. The zero-order chi connectivity index (χ0) is 9.44. The quantitative estimate of drug-likeness (QED) is 0.244. The molecular weight excluding hydrogens is 670 g/mol. The Hall–Kier alpha value is 0.945. The summed E-state index contributed by atoms with van der Waals surface area (Å²) in [7, 11) is 0. The van der Waals surface area contributed by atoms with Gasteiger partial charge < -0.3 is 0 Å². The molecule has 0 radical (unpaired) electrons. The van der Waals surface area contributed by atoms with Gasteiger partial charge >= 0.3 is 88.2 Å². The maximum absolute atomic E-state index is 9.78. The first-order valence-corrected chi connectivity index (χ1v) is 5.47. The van der Waals surface area contributed by atoms with E-state index in [2.05, 4.69) is 4.40 Å². The number of hydrogen-bond acceptors (Lipinski definition) is 2. The first-order chi connectivity index (χ1) is 4.97. The molecule has 68 valence electrons. The van der Waals surface area contributed by atoms with Crippen LogP contribution in [0.15, 0.2) is 5.70 Å². The minimum absolute atomic E-state index is 0. The monoisotopic (exact) mass is 677 g/mol. The van der Waals surface area contributed by atoms with E-state index in [-0.39, 0.29) is 26.8 Å². The molecule has 0 aromatic carbocycles. The van der Waals surface area contributed by atoms with Gasteiger partial charge in [0, 0.05) is 21.1 Å². The van der Waals surface area contributed by atoms with Crippen molar-refractivity contribution in [2.75, 3.05) is 0 Å². The molecule has 0 saturated carbocycles. The Balaban J connectivity index is -0.000000177. The molecule has 0 saturated heterocycles. The van der Waals surface area contributed by atoms with Crippen LogP contribution in [0.25, 0.3) is 0 Å². The molecule has 0 aliphatic rings. The van der Waals surface area contributed by atoms with Gasteiger partial charge in [-0.05, 0) is 0 Å². The van der Waals surface area contributed by atoms with E-state index in [1.165, 1.54) is 19.4 Å². The van der Waals surface area contributed by atoms with E-state index in [9.17, 15) is 10.1 Å². The molecule has 0 spiro atoms. The second-order valence-electron chi connectivity index (χ2n) is 1.40. The van der Waals surface area contributed by atoms with Crippen molar-refractivity contribution < 1.29 is 64.7 Å². The Bertz CT molecular complexity index is 175. The van der Waals surface area contributed by atoms with Gasteiger partial charge in [-0.25, -0.2) is 0 Å². The number of hydrogen-bond donors (Lipinski definition) is 0. The summed E-state index contributed by atoms with van der Waals surface area (Å²) in [5.74, 6) is 0. The molecule has 0 heterocycles. The number of nitrogens with zero attached hydrogens (tertiary/aromatic N) is 1. The Morgan fingerprint density at radius 2 is 1.92 bits per heavy atom. The van der Waals surface area contributed by atoms with Crippen molar-refractivity contribution in [3.63, 3.8) is 0 Å². The fourth-order valence-electron chi connectivity index (χ4n) is 0.129. The van der Waals surface area contributed by atoms with Crippen LogP contribution in [0.1, 0.15) is 13.8 Å². The molecule has 0 unspecified atom stereocenters. The van der Waals surface area contributed by atoms with Crippen LogP contribution < -0.4 is 0 Å². The van der Waals surface area contributed by atoms with Crippen LogP contribution in [-0.2, 0) is 59.8 Å². The molecule has 0 aromatic rings. The Morgan fingerprint density at radius 3 is 1.92 bits per heavy atom. The van der Waals surface area contributed by atoms with Crippen LogP contribution >= 0.6 is 0 Å². The third-order valence-electron chi connectivity index (χ3n) is 0.557. The van der Waals surface area contributed by atoms with Gasteiger partial charge in [-0.3, -0.25) is 0 Å². The normalized spacial score (nSPS) is 6.50. The van der Waals surface area contributed by atoms with Gasteiger partial charge in [0.25, 0.3) is 0 Å². The van der Waals surface area contributed by atoms with Gasteiger partial charge in [-0.2, -0.15) is 0 Å². The predicted octanol–water partition coefficient (Wildman–Crippen LogP) is 0.549. The van der Waals surface area contributed by atoms with Crippen LogP contribution in [0.5, 0.6) is 0 Å². The summed E-state index contributed by atoms with van der Waals surface area (Å²) in [6, 6.07) is 0. The summed E-state index contributed by atoms with van der Waals surface area (Å²) in [4.78, 5) is 9.20. The zero-order valence-corrected chi connectivity index (χ0v) is 15.4. The fraction of sp³-hybridized carbons (Fsp3) is 0.333. The van der Waals surface area contributed by atoms with Crippen molar-refractivity contribution in [3.05, 3.63) is 22.4 Å². The van der Waals surface area contributed by atoms with Crippen molar-refractivity contribution in [1.82, 2.24) is 0 Å². The molecule has 0 aliphatic carbocycles. The average molecular weight is 677 g/mol. The molecule has 0 amide bonds. The van der Waals surface area contributed by atoms with E-state index in [1.54, 1.807) is 6.92 Å². The third kappa shape index (κ3) is 13.5. The molecular formula is C6H7NO2W3-2. The maximum atomic E-state index is 9.78. The predicted molar refractivity (Wildman–Crippen MR) is 36.2 cm³/mol. The minimum atomic E-state index is -0.581. The Kier molecular flexibility index (Phi) is 18.6. The van der Waals surface area contributed by atoms with E-state index in [0.29, 0.717) is 3.90 Å².